The largest absolute Gasteiger partial charge is 0.341 e. The second-order valence-electron chi connectivity index (χ2n) is 4.96. The zero-order valence-corrected chi connectivity index (χ0v) is 13.1. The number of rotatable bonds is 3. The molecular weight excluding hydrogens is 309 g/mol. The van der Waals surface area contributed by atoms with Gasteiger partial charge in [0, 0.05) is 23.8 Å². The summed E-state index contributed by atoms with van der Waals surface area (Å²) in [7, 11) is 0. The van der Waals surface area contributed by atoms with Crippen molar-refractivity contribution in [1.82, 2.24) is 15.0 Å². The summed E-state index contributed by atoms with van der Waals surface area (Å²) in [4.78, 5) is 14.9. The van der Waals surface area contributed by atoms with E-state index in [1.165, 1.54) is 0 Å². The fourth-order valence-electron chi connectivity index (χ4n) is 2.32. The van der Waals surface area contributed by atoms with Gasteiger partial charge in [0.15, 0.2) is 0 Å². The Hall–Kier alpha value is -1.59. The summed E-state index contributed by atoms with van der Waals surface area (Å²) in [5.74, 6) is 1.05. The first kappa shape index (κ1) is 14.4. The summed E-state index contributed by atoms with van der Waals surface area (Å²) >= 11 is 12.1. The second kappa shape index (κ2) is 6.03. The molecule has 2 heterocycles. The van der Waals surface area contributed by atoms with Crippen LogP contribution >= 0.6 is 23.2 Å². The molecule has 1 fully saturated rings. The van der Waals surface area contributed by atoms with Gasteiger partial charge in [-0.2, -0.15) is 15.0 Å². The van der Waals surface area contributed by atoms with Crippen molar-refractivity contribution in [2.45, 2.75) is 19.8 Å². The number of benzene rings is 1. The lowest BCUT2D eigenvalue weighted by atomic mass is 10.2. The third-order valence-electron chi connectivity index (χ3n) is 3.50. The van der Waals surface area contributed by atoms with Gasteiger partial charge in [0.25, 0.3) is 0 Å². The first-order chi connectivity index (χ1) is 10.1. The minimum absolute atomic E-state index is 0.189. The zero-order valence-electron chi connectivity index (χ0n) is 11.6. The molecule has 0 amide bonds. The van der Waals surface area contributed by atoms with Crippen LogP contribution < -0.4 is 10.2 Å². The van der Waals surface area contributed by atoms with Crippen molar-refractivity contribution in [3.8, 4) is 0 Å². The molecule has 1 aliphatic heterocycles. The Morgan fingerprint density at radius 1 is 1.10 bits per heavy atom. The lowest BCUT2D eigenvalue weighted by molar-refractivity contribution is 0.883. The number of hydrogen-bond acceptors (Lipinski definition) is 5. The van der Waals surface area contributed by atoms with Gasteiger partial charge in [-0.3, -0.25) is 0 Å². The van der Waals surface area contributed by atoms with E-state index < -0.39 is 0 Å². The number of nitrogens with zero attached hydrogens (tertiary/aromatic N) is 4. The topological polar surface area (TPSA) is 53.9 Å². The first-order valence-corrected chi connectivity index (χ1v) is 7.58. The molecule has 110 valence electrons. The van der Waals surface area contributed by atoms with Crippen LogP contribution in [0.25, 0.3) is 0 Å². The minimum Gasteiger partial charge on any atom is -0.341 e. The van der Waals surface area contributed by atoms with Gasteiger partial charge in [-0.15, -0.1) is 0 Å². The van der Waals surface area contributed by atoms with E-state index in [0.29, 0.717) is 16.9 Å². The molecule has 0 radical (unpaired) electrons. The first-order valence-electron chi connectivity index (χ1n) is 6.82. The molecule has 0 unspecified atom stereocenters. The van der Waals surface area contributed by atoms with Crippen molar-refractivity contribution in [3.63, 3.8) is 0 Å². The molecule has 0 aliphatic carbocycles. The third-order valence-corrected chi connectivity index (χ3v) is 4.08. The van der Waals surface area contributed by atoms with Crippen LogP contribution in [0.1, 0.15) is 18.4 Å². The van der Waals surface area contributed by atoms with Gasteiger partial charge in [-0.1, -0.05) is 17.7 Å². The van der Waals surface area contributed by atoms with Crippen LogP contribution in [0.3, 0.4) is 0 Å². The van der Waals surface area contributed by atoms with Crippen molar-refractivity contribution in [2.24, 2.45) is 0 Å². The maximum atomic E-state index is 6.12. The Bertz CT molecular complexity index is 656. The van der Waals surface area contributed by atoms with Gasteiger partial charge in [-0.25, -0.2) is 0 Å². The van der Waals surface area contributed by atoms with Gasteiger partial charge in [0.05, 0.1) is 0 Å². The molecule has 7 heteroatoms. The second-order valence-corrected chi connectivity index (χ2v) is 5.70. The Balaban J connectivity index is 1.89. The highest BCUT2D eigenvalue weighted by molar-refractivity contribution is 6.31. The van der Waals surface area contributed by atoms with Crippen LogP contribution in [0.2, 0.25) is 10.3 Å². The SMILES string of the molecule is Cc1c(Cl)cccc1Nc1nc(Cl)nc(N2CCCC2)n1. The quantitative estimate of drug-likeness (QED) is 0.930. The summed E-state index contributed by atoms with van der Waals surface area (Å²) in [6.45, 7) is 3.85. The van der Waals surface area contributed by atoms with Crippen LogP contribution in [-0.4, -0.2) is 28.0 Å². The van der Waals surface area contributed by atoms with Crippen molar-refractivity contribution in [3.05, 3.63) is 34.1 Å². The van der Waals surface area contributed by atoms with Gasteiger partial charge < -0.3 is 10.2 Å². The Labute approximate surface area is 133 Å². The van der Waals surface area contributed by atoms with E-state index in [2.05, 4.69) is 25.2 Å². The van der Waals surface area contributed by atoms with E-state index >= 15 is 0 Å². The van der Waals surface area contributed by atoms with E-state index in [0.717, 1.165) is 37.2 Å². The van der Waals surface area contributed by atoms with Crippen LogP contribution in [0.4, 0.5) is 17.6 Å². The molecule has 1 aromatic heterocycles. The van der Waals surface area contributed by atoms with E-state index in [4.69, 9.17) is 23.2 Å². The fraction of sp³-hybridized carbons (Fsp3) is 0.357. The molecule has 2 aromatic rings. The van der Waals surface area contributed by atoms with Crippen LogP contribution in [0.5, 0.6) is 0 Å². The van der Waals surface area contributed by atoms with Gasteiger partial charge in [0.2, 0.25) is 17.2 Å². The van der Waals surface area contributed by atoms with E-state index in [1.54, 1.807) is 0 Å². The molecule has 5 nitrogen and oxygen atoms in total. The van der Waals surface area contributed by atoms with Crippen molar-refractivity contribution < 1.29 is 0 Å². The Morgan fingerprint density at radius 3 is 2.62 bits per heavy atom. The third kappa shape index (κ3) is 3.19. The fourth-order valence-corrected chi connectivity index (χ4v) is 2.65. The van der Waals surface area contributed by atoms with Gasteiger partial charge in [-0.05, 0) is 49.1 Å². The summed E-state index contributed by atoms with van der Waals surface area (Å²) < 4.78 is 0. The monoisotopic (exact) mass is 323 g/mol. The normalized spacial score (nSPS) is 14.5. The maximum Gasteiger partial charge on any atom is 0.233 e. The highest BCUT2D eigenvalue weighted by atomic mass is 35.5. The summed E-state index contributed by atoms with van der Waals surface area (Å²) in [6, 6.07) is 5.65. The average molecular weight is 324 g/mol. The molecule has 3 rings (SSSR count). The van der Waals surface area contributed by atoms with Gasteiger partial charge >= 0.3 is 0 Å². The molecular formula is C14H15Cl2N5. The minimum atomic E-state index is 0.189. The standard InChI is InChI=1S/C14H15Cl2N5/c1-9-10(15)5-4-6-11(9)17-13-18-12(16)19-14(20-13)21-7-2-3-8-21/h4-6H,2-3,7-8H2,1H3,(H,17,18,19,20). The highest BCUT2D eigenvalue weighted by Gasteiger charge is 2.17. The van der Waals surface area contributed by atoms with E-state index in [-0.39, 0.29) is 5.28 Å². The maximum absolute atomic E-state index is 6.12. The Kier molecular flexibility index (Phi) is 4.12. The highest BCUT2D eigenvalue weighted by Crippen LogP contribution is 2.26. The number of anilines is 3. The number of aromatic nitrogens is 3. The predicted octanol–water partition coefficient (Wildman–Crippen LogP) is 3.83. The average Bonchev–Trinajstić information content (AvgIpc) is 2.97. The molecule has 1 aromatic carbocycles. The summed E-state index contributed by atoms with van der Waals surface area (Å²) in [5.41, 5.74) is 1.80. The molecule has 0 spiro atoms. The van der Waals surface area contributed by atoms with E-state index in [9.17, 15) is 0 Å². The van der Waals surface area contributed by atoms with Crippen LogP contribution in [0.15, 0.2) is 18.2 Å². The molecule has 0 saturated carbocycles. The number of nitrogens with one attached hydrogen (secondary N) is 1. The molecule has 1 aliphatic rings. The van der Waals surface area contributed by atoms with Crippen LogP contribution in [-0.2, 0) is 0 Å². The van der Waals surface area contributed by atoms with Crippen molar-refractivity contribution in [1.29, 1.82) is 0 Å². The zero-order chi connectivity index (χ0) is 14.8. The van der Waals surface area contributed by atoms with Crippen molar-refractivity contribution in [2.75, 3.05) is 23.3 Å². The molecule has 0 atom stereocenters. The Morgan fingerprint density at radius 2 is 1.86 bits per heavy atom. The number of hydrogen-bond donors (Lipinski definition) is 1. The molecule has 1 saturated heterocycles. The van der Waals surface area contributed by atoms with Crippen LogP contribution in [0, 0.1) is 6.92 Å². The smallest absolute Gasteiger partial charge is 0.233 e. The lowest BCUT2D eigenvalue weighted by Gasteiger charge is -2.16. The molecule has 1 N–H and O–H groups in total. The molecule has 21 heavy (non-hydrogen) atoms. The lowest BCUT2D eigenvalue weighted by Crippen LogP contribution is -2.21. The molecule has 0 bridgehead atoms. The van der Waals surface area contributed by atoms with E-state index in [1.807, 2.05) is 25.1 Å². The van der Waals surface area contributed by atoms with Gasteiger partial charge in [0.1, 0.15) is 0 Å². The number of halogens is 2. The summed E-state index contributed by atoms with van der Waals surface area (Å²) in [5, 5.41) is 4.04. The van der Waals surface area contributed by atoms with Crippen molar-refractivity contribution >= 4 is 40.8 Å². The predicted molar refractivity (Wildman–Crippen MR) is 85.8 cm³/mol. The summed E-state index contributed by atoms with van der Waals surface area (Å²) in [6.07, 6.45) is 2.30.